The van der Waals surface area contributed by atoms with Crippen LogP contribution in [0.3, 0.4) is 0 Å². The van der Waals surface area contributed by atoms with Crippen LogP contribution in [0.4, 0.5) is 11.5 Å². The second kappa shape index (κ2) is 4.58. The van der Waals surface area contributed by atoms with E-state index in [1.54, 1.807) is 12.1 Å². The van der Waals surface area contributed by atoms with Crippen LogP contribution >= 0.6 is 0 Å². The molecule has 0 saturated heterocycles. The molecule has 0 atom stereocenters. The van der Waals surface area contributed by atoms with Gasteiger partial charge in [-0.25, -0.2) is 0 Å². The van der Waals surface area contributed by atoms with Crippen LogP contribution in [0.5, 0.6) is 17.4 Å². The maximum absolute atomic E-state index is 10.5. The molecule has 2 rings (SSSR count). The van der Waals surface area contributed by atoms with Crippen molar-refractivity contribution >= 4 is 11.5 Å². The van der Waals surface area contributed by atoms with Crippen LogP contribution in [0.2, 0.25) is 0 Å². The standard InChI is InChI=1S/C11H9N3O4/c12-11-9(14(16)17)4-5-10(13-11)18-8-3-1-2-7(15)6-8/h1-6,15H,(H2,12,13). The summed E-state index contributed by atoms with van der Waals surface area (Å²) in [5.74, 6) is 0.291. The largest absolute Gasteiger partial charge is 0.508 e. The molecule has 0 radical (unpaired) electrons. The topological polar surface area (TPSA) is 112 Å². The maximum Gasteiger partial charge on any atom is 0.311 e. The number of anilines is 1. The smallest absolute Gasteiger partial charge is 0.311 e. The maximum atomic E-state index is 10.5. The first kappa shape index (κ1) is 11.6. The predicted octanol–water partition coefficient (Wildman–Crippen LogP) is 2.07. The number of rotatable bonds is 3. The molecule has 7 nitrogen and oxygen atoms in total. The van der Waals surface area contributed by atoms with Gasteiger partial charge in [0.15, 0.2) is 0 Å². The molecule has 7 heteroatoms. The van der Waals surface area contributed by atoms with Crippen molar-refractivity contribution in [3.63, 3.8) is 0 Å². The van der Waals surface area contributed by atoms with Gasteiger partial charge in [0.05, 0.1) is 4.92 Å². The van der Waals surface area contributed by atoms with E-state index in [4.69, 9.17) is 10.5 Å². The number of nitrogens with two attached hydrogens (primary N) is 1. The Morgan fingerprint density at radius 2 is 2.11 bits per heavy atom. The van der Waals surface area contributed by atoms with E-state index in [0.29, 0.717) is 5.75 Å². The molecule has 0 fully saturated rings. The van der Waals surface area contributed by atoms with E-state index in [-0.39, 0.29) is 23.1 Å². The van der Waals surface area contributed by atoms with Crippen LogP contribution in [0.15, 0.2) is 36.4 Å². The average Bonchev–Trinajstić information content (AvgIpc) is 2.28. The molecule has 2 aromatic rings. The number of phenolic OH excluding ortho intramolecular Hbond substituents is 1. The fourth-order valence-electron chi connectivity index (χ4n) is 1.33. The third kappa shape index (κ3) is 2.46. The van der Waals surface area contributed by atoms with Gasteiger partial charge in [0.2, 0.25) is 11.7 Å². The average molecular weight is 247 g/mol. The molecule has 0 amide bonds. The minimum Gasteiger partial charge on any atom is -0.508 e. The van der Waals surface area contributed by atoms with Crippen molar-refractivity contribution in [1.29, 1.82) is 0 Å². The Morgan fingerprint density at radius 1 is 1.33 bits per heavy atom. The zero-order valence-corrected chi connectivity index (χ0v) is 9.11. The number of pyridine rings is 1. The number of nitrogen functional groups attached to an aromatic ring is 1. The number of aromatic nitrogens is 1. The highest BCUT2D eigenvalue weighted by Crippen LogP contribution is 2.27. The van der Waals surface area contributed by atoms with Crippen LogP contribution in [-0.2, 0) is 0 Å². The van der Waals surface area contributed by atoms with E-state index in [1.165, 1.54) is 24.3 Å². The Hall–Kier alpha value is -2.83. The van der Waals surface area contributed by atoms with Crippen molar-refractivity contribution in [3.8, 4) is 17.4 Å². The number of hydrogen-bond donors (Lipinski definition) is 2. The molecule has 0 saturated carbocycles. The molecule has 0 bridgehead atoms. The van der Waals surface area contributed by atoms with Gasteiger partial charge < -0.3 is 15.6 Å². The van der Waals surface area contributed by atoms with E-state index in [0.717, 1.165) is 0 Å². The van der Waals surface area contributed by atoms with E-state index >= 15 is 0 Å². The molecule has 0 unspecified atom stereocenters. The normalized spacial score (nSPS) is 10.0. The summed E-state index contributed by atoms with van der Waals surface area (Å²) in [5, 5.41) is 19.8. The number of nitrogens with zero attached hydrogens (tertiary/aromatic N) is 2. The van der Waals surface area contributed by atoms with Gasteiger partial charge in [-0.3, -0.25) is 10.1 Å². The van der Waals surface area contributed by atoms with Crippen LogP contribution in [-0.4, -0.2) is 15.0 Å². The summed E-state index contributed by atoms with van der Waals surface area (Å²) >= 11 is 0. The van der Waals surface area contributed by atoms with Gasteiger partial charge in [0, 0.05) is 18.2 Å². The summed E-state index contributed by atoms with van der Waals surface area (Å²) in [6, 6.07) is 8.63. The third-order valence-electron chi connectivity index (χ3n) is 2.11. The van der Waals surface area contributed by atoms with Gasteiger partial charge in [0.1, 0.15) is 11.5 Å². The quantitative estimate of drug-likeness (QED) is 0.634. The number of hydrogen-bond acceptors (Lipinski definition) is 6. The zero-order valence-electron chi connectivity index (χ0n) is 9.11. The van der Waals surface area contributed by atoms with Gasteiger partial charge >= 0.3 is 5.69 Å². The van der Waals surface area contributed by atoms with Gasteiger partial charge in [-0.15, -0.1) is 0 Å². The highest BCUT2D eigenvalue weighted by Gasteiger charge is 2.13. The zero-order chi connectivity index (χ0) is 13.1. The lowest BCUT2D eigenvalue weighted by atomic mass is 10.3. The highest BCUT2D eigenvalue weighted by atomic mass is 16.6. The lowest BCUT2D eigenvalue weighted by Gasteiger charge is -2.05. The Kier molecular flexibility index (Phi) is 2.96. The molecule has 0 spiro atoms. The number of aromatic hydroxyl groups is 1. The molecule has 0 aliphatic rings. The summed E-state index contributed by atoms with van der Waals surface area (Å²) in [6.45, 7) is 0. The molecule has 1 aromatic heterocycles. The third-order valence-corrected chi connectivity index (χ3v) is 2.11. The van der Waals surface area contributed by atoms with Gasteiger partial charge in [0.25, 0.3) is 0 Å². The van der Waals surface area contributed by atoms with Gasteiger partial charge in [-0.05, 0) is 12.1 Å². The molecule has 1 aromatic carbocycles. The Bertz CT molecular complexity index is 601. The molecule has 18 heavy (non-hydrogen) atoms. The molecular weight excluding hydrogens is 238 g/mol. The number of nitro groups is 1. The number of ether oxygens (including phenoxy) is 1. The molecular formula is C11H9N3O4. The fraction of sp³-hybridized carbons (Fsp3) is 0. The summed E-state index contributed by atoms with van der Waals surface area (Å²) < 4.78 is 5.30. The van der Waals surface area contributed by atoms with E-state index < -0.39 is 4.92 Å². The van der Waals surface area contributed by atoms with Crippen molar-refractivity contribution in [2.75, 3.05) is 5.73 Å². The summed E-state index contributed by atoms with van der Waals surface area (Å²) in [7, 11) is 0. The first-order valence-corrected chi connectivity index (χ1v) is 4.94. The van der Waals surface area contributed by atoms with E-state index in [1.807, 2.05) is 0 Å². The number of phenols is 1. The number of benzene rings is 1. The molecule has 92 valence electrons. The molecule has 1 heterocycles. The first-order chi connectivity index (χ1) is 8.56. The second-order valence-electron chi connectivity index (χ2n) is 3.41. The SMILES string of the molecule is Nc1nc(Oc2cccc(O)c2)ccc1[N+](=O)[O-]. The van der Waals surface area contributed by atoms with Crippen LogP contribution < -0.4 is 10.5 Å². The minimum atomic E-state index is -0.625. The van der Waals surface area contributed by atoms with Crippen LogP contribution in [0.1, 0.15) is 0 Å². The summed E-state index contributed by atoms with van der Waals surface area (Å²) in [5.41, 5.74) is 5.14. The minimum absolute atomic E-state index is 0.0439. The van der Waals surface area contributed by atoms with Crippen molar-refractivity contribution in [2.45, 2.75) is 0 Å². The van der Waals surface area contributed by atoms with Crippen molar-refractivity contribution in [3.05, 3.63) is 46.5 Å². The summed E-state index contributed by atoms with van der Waals surface area (Å²) in [6.07, 6.45) is 0. The molecule has 0 aliphatic carbocycles. The fourth-order valence-corrected chi connectivity index (χ4v) is 1.33. The van der Waals surface area contributed by atoms with Crippen molar-refractivity contribution in [1.82, 2.24) is 4.98 Å². The first-order valence-electron chi connectivity index (χ1n) is 4.94. The molecule has 3 N–H and O–H groups in total. The molecule has 0 aliphatic heterocycles. The van der Waals surface area contributed by atoms with Crippen molar-refractivity contribution in [2.24, 2.45) is 0 Å². The van der Waals surface area contributed by atoms with Gasteiger partial charge in [-0.2, -0.15) is 4.98 Å². The Labute approximate surface area is 102 Å². The second-order valence-corrected chi connectivity index (χ2v) is 3.41. The highest BCUT2D eigenvalue weighted by molar-refractivity contribution is 5.53. The lowest BCUT2D eigenvalue weighted by molar-refractivity contribution is -0.384. The van der Waals surface area contributed by atoms with Crippen LogP contribution in [0.25, 0.3) is 0 Å². The predicted molar refractivity (Wildman–Crippen MR) is 63.5 cm³/mol. The summed E-state index contributed by atoms with van der Waals surface area (Å²) in [4.78, 5) is 13.7. The van der Waals surface area contributed by atoms with Crippen LogP contribution in [0, 0.1) is 10.1 Å². The Morgan fingerprint density at radius 3 is 2.72 bits per heavy atom. The van der Waals surface area contributed by atoms with Gasteiger partial charge in [-0.1, -0.05) is 6.07 Å². The van der Waals surface area contributed by atoms with E-state index in [2.05, 4.69) is 4.98 Å². The van der Waals surface area contributed by atoms with E-state index in [9.17, 15) is 15.2 Å². The lowest BCUT2D eigenvalue weighted by Crippen LogP contribution is -1.99. The monoisotopic (exact) mass is 247 g/mol. The Balaban J connectivity index is 2.25. The van der Waals surface area contributed by atoms with Crippen molar-refractivity contribution < 1.29 is 14.8 Å².